The normalized spacial score (nSPS) is 17.0. The lowest BCUT2D eigenvalue weighted by Crippen LogP contribution is -2.49. The monoisotopic (exact) mass is 1200 g/mol. The molecule has 386 valence electrons. The van der Waals surface area contributed by atoms with Crippen molar-refractivity contribution in [2.24, 2.45) is 0 Å². The summed E-state index contributed by atoms with van der Waals surface area (Å²) in [6.07, 6.45) is -1.19. The van der Waals surface area contributed by atoms with Gasteiger partial charge in [-0.15, -0.1) is 0 Å². The quantitative estimate of drug-likeness (QED) is 0.0339. The highest BCUT2D eigenvalue weighted by molar-refractivity contribution is 9.10. The largest absolute Gasteiger partial charge is 0.378 e. The molecule has 18 nitrogen and oxygen atoms in total. The molecule has 0 aromatic heterocycles. The maximum atomic E-state index is 15.5. The van der Waals surface area contributed by atoms with E-state index in [0.717, 1.165) is 18.2 Å². The zero-order valence-corrected chi connectivity index (χ0v) is 44.6. The fraction of sp³-hybridized carbons (Fsp3) is 0.149. The summed E-state index contributed by atoms with van der Waals surface area (Å²) in [7, 11) is -32.5. The Morgan fingerprint density at radius 2 is 0.863 bits per heavy atom. The van der Waals surface area contributed by atoms with Gasteiger partial charge in [-0.3, -0.25) is 4.18 Å². The molecule has 0 heterocycles. The minimum absolute atomic E-state index is 0.0304. The lowest BCUT2D eigenvalue weighted by molar-refractivity contribution is -0.0421. The molecular formula is C47H40BrClO18S6. The second-order valence-electron chi connectivity index (χ2n) is 15.6. The minimum atomic E-state index is -6.37. The molecule has 0 aliphatic heterocycles. The minimum Gasteiger partial charge on any atom is -0.378 e. The molecular weight excluding hydrogens is 1160 g/mol. The first-order valence-corrected chi connectivity index (χ1v) is 31.3. The Hall–Kier alpha value is -5.29. The number of hydrogen-bond acceptors (Lipinski definition) is 18. The SMILES string of the molecule is O=S(=O)(Cc1ccccc1)OC1=C(OS(=O)(=O)C(OS(=O)(=O)Cc2ccccc2)(OS(=O)(=O)Cc2ccccc2)c2ccccc2)C=CC(OS(=O)(=O)c2ccccc2Cl)C1(Br)OS(=O)(=O)Cc1ccccc1. The van der Waals surface area contributed by atoms with Gasteiger partial charge in [0.2, 0.25) is 10.3 Å². The number of alkyl halides is 1. The summed E-state index contributed by atoms with van der Waals surface area (Å²) >= 11 is 9.26. The van der Waals surface area contributed by atoms with Crippen LogP contribution in [0.25, 0.3) is 0 Å². The molecule has 1 aliphatic rings. The number of benzene rings is 6. The predicted molar refractivity (Wildman–Crippen MR) is 270 cm³/mol. The van der Waals surface area contributed by atoms with E-state index in [1.54, 1.807) is 24.3 Å². The van der Waals surface area contributed by atoms with Crippen LogP contribution in [0.5, 0.6) is 0 Å². The van der Waals surface area contributed by atoms with Gasteiger partial charge in [-0.2, -0.15) is 50.5 Å². The average molecular weight is 1200 g/mol. The van der Waals surface area contributed by atoms with Gasteiger partial charge in [0.1, 0.15) is 34.0 Å². The maximum absolute atomic E-state index is 15.5. The smallest absolute Gasteiger partial charge is 0.373 e. The molecule has 2 atom stereocenters. The first kappa shape index (κ1) is 55.5. The Morgan fingerprint density at radius 1 is 0.479 bits per heavy atom. The van der Waals surface area contributed by atoms with Crippen molar-refractivity contribution in [3.05, 3.63) is 232 Å². The Labute approximate surface area is 436 Å². The van der Waals surface area contributed by atoms with Crippen LogP contribution in [0.15, 0.2) is 204 Å². The summed E-state index contributed by atoms with van der Waals surface area (Å²) in [5.74, 6) is -7.11. The summed E-state index contributed by atoms with van der Waals surface area (Å²) < 4.78 is 202. The van der Waals surface area contributed by atoms with E-state index in [1.807, 2.05) is 0 Å². The van der Waals surface area contributed by atoms with E-state index in [4.69, 9.17) is 36.7 Å². The van der Waals surface area contributed by atoms with E-state index in [0.29, 0.717) is 12.2 Å². The summed E-state index contributed by atoms with van der Waals surface area (Å²) in [5.41, 5.74) is -0.635. The van der Waals surface area contributed by atoms with E-state index >= 15 is 8.42 Å². The Balaban J connectivity index is 1.47. The molecule has 0 fully saturated rings. The van der Waals surface area contributed by atoms with Gasteiger partial charge < -0.3 is 8.37 Å². The Kier molecular flexibility index (Phi) is 16.9. The topological polar surface area (TPSA) is 260 Å². The summed E-state index contributed by atoms with van der Waals surface area (Å²) in [6, 6.07) is 39.1. The molecule has 0 saturated carbocycles. The third-order valence-corrected chi connectivity index (χ3v) is 19.3. The molecule has 0 N–H and O–H groups in total. The second-order valence-corrected chi connectivity index (χ2v) is 26.7. The maximum Gasteiger partial charge on any atom is 0.373 e. The van der Waals surface area contributed by atoms with Gasteiger partial charge in [0.25, 0.3) is 40.5 Å². The van der Waals surface area contributed by atoms with Gasteiger partial charge in [0.15, 0.2) is 5.76 Å². The third-order valence-electron chi connectivity index (χ3n) is 9.99. The van der Waals surface area contributed by atoms with Gasteiger partial charge in [0.05, 0.1) is 5.02 Å². The predicted octanol–water partition coefficient (Wildman–Crippen LogP) is 7.63. The summed E-state index contributed by atoms with van der Waals surface area (Å²) in [5, 5.41) is -4.50. The molecule has 0 bridgehead atoms. The van der Waals surface area contributed by atoms with Gasteiger partial charge in [-0.05, 0) is 62.5 Å². The standard InChI is InChI=1S/C47H40BrClO18S6/c48-46(65-69(52,53)33-37-20-8-2-9-21-37)44(63-72(58,59)43-29-17-16-28-41(43)49)31-30-42(45(46)64-68(50,51)32-36-18-6-1-7-19-36)62-73(60,61)47(40-26-14-5-15-27-40,66-70(54,55)34-38-22-10-3-11-23-38)67-71(56,57)35-39-24-12-4-13-25-39/h1-31,44H,32-35H2. The van der Waals surface area contributed by atoms with Crippen LogP contribution in [0, 0.1) is 0 Å². The van der Waals surface area contributed by atoms with Crippen LogP contribution < -0.4 is 0 Å². The molecule has 0 saturated heterocycles. The highest BCUT2D eigenvalue weighted by atomic mass is 79.9. The number of rotatable bonds is 23. The van der Waals surface area contributed by atoms with Crippen molar-refractivity contribution in [3.63, 3.8) is 0 Å². The molecule has 1 aliphatic carbocycles. The van der Waals surface area contributed by atoms with Gasteiger partial charge in [-0.1, -0.05) is 175 Å². The molecule has 0 radical (unpaired) electrons. The molecule has 0 spiro atoms. The van der Waals surface area contributed by atoms with Crippen LogP contribution >= 0.6 is 27.5 Å². The number of hydrogen-bond donors (Lipinski definition) is 0. The average Bonchev–Trinajstić information content (AvgIpc) is 3.31. The summed E-state index contributed by atoms with van der Waals surface area (Å²) in [6.45, 7) is 0. The van der Waals surface area contributed by atoms with E-state index in [2.05, 4.69) is 15.9 Å². The molecule has 7 rings (SSSR count). The fourth-order valence-electron chi connectivity index (χ4n) is 6.88. The van der Waals surface area contributed by atoms with Crippen LogP contribution in [0.3, 0.4) is 0 Å². The van der Waals surface area contributed by atoms with E-state index in [9.17, 15) is 42.1 Å². The molecule has 26 heteroatoms. The number of halogens is 2. The zero-order chi connectivity index (χ0) is 52.8. The Morgan fingerprint density at radius 3 is 1.30 bits per heavy atom. The molecule has 2 unspecified atom stereocenters. The van der Waals surface area contributed by atoms with Crippen LogP contribution in [-0.2, 0) is 114 Å². The van der Waals surface area contributed by atoms with E-state index < -0.39 is 121 Å². The van der Waals surface area contributed by atoms with Crippen LogP contribution in [0.4, 0.5) is 0 Å². The van der Waals surface area contributed by atoms with Crippen molar-refractivity contribution in [1.29, 1.82) is 0 Å². The highest BCUT2D eigenvalue weighted by Gasteiger charge is 2.60. The van der Waals surface area contributed by atoms with Gasteiger partial charge in [0, 0.05) is 5.56 Å². The zero-order valence-electron chi connectivity index (χ0n) is 37.4. The van der Waals surface area contributed by atoms with Crippen molar-refractivity contribution in [1.82, 2.24) is 0 Å². The van der Waals surface area contributed by atoms with Crippen molar-refractivity contribution in [2.75, 3.05) is 0 Å². The third kappa shape index (κ3) is 14.1. The van der Waals surface area contributed by atoms with Gasteiger partial charge in [-0.25, -0.2) is 12.5 Å². The molecule has 6 aromatic rings. The van der Waals surface area contributed by atoms with Crippen molar-refractivity contribution in [3.8, 4) is 0 Å². The van der Waals surface area contributed by atoms with Crippen LogP contribution in [0.1, 0.15) is 27.8 Å². The van der Waals surface area contributed by atoms with Crippen molar-refractivity contribution < 1.29 is 75.6 Å². The van der Waals surface area contributed by atoms with Crippen molar-refractivity contribution in [2.45, 2.75) is 43.6 Å². The second kappa shape index (κ2) is 22.3. The molecule has 0 amide bonds. The number of allylic oxidation sites excluding steroid dienone is 1. The van der Waals surface area contributed by atoms with E-state index in [1.165, 1.54) is 133 Å². The van der Waals surface area contributed by atoms with Crippen LogP contribution in [-0.4, -0.2) is 61.1 Å². The Bertz CT molecular complexity index is 3610. The first-order chi connectivity index (χ1) is 34.3. The molecule has 73 heavy (non-hydrogen) atoms. The lowest BCUT2D eigenvalue weighted by Gasteiger charge is -2.37. The van der Waals surface area contributed by atoms with E-state index in [-0.39, 0.29) is 27.3 Å². The highest BCUT2D eigenvalue weighted by Crippen LogP contribution is 2.48. The summed E-state index contributed by atoms with van der Waals surface area (Å²) in [4.78, 5) is -0.671. The van der Waals surface area contributed by atoms with Crippen LogP contribution in [0.2, 0.25) is 5.02 Å². The molecule has 6 aromatic carbocycles. The fourth-order valence-corrected chi connectivity index (χ4v) is 16.6. The lowest BCUT2D eigenvalue weighted by atomic mass is 10.1. The first-order valence-electron chi connectivity index (χ1n) is 21.0. The van der Waals surface area contributed by atoms with Crippen molar-refractivity contribution >= 4 is 88.2 Å². The van der Waals surface area contributed by atoms with Gasteiger partial charge >= 0.3 is 25.4 Å².